The van der Waals surface area contributed by atoms with E-state index in [-0.39, 0.29) is 6.61 Å². The predicted octanol–water partition coefficient (Wildman–Crippen LogP) is 2.49. The predicted molar refractivity (Wildman–Crippen MR) is 89.3 cm³/mol. The number of aromatic nitrogens is 2. The minimum Gasteiger partial charge on any atom is -0.395 e. The highest BCUT2D eigenvalue weighted by molar-refractivity contribution is 7.15. The van der Waals surface area contributed by atoms with Crippen LogP contribution >= 0.6 is 11.3 Å². The minimum atomic E-state index is 0.155. The third-order valence-corrected chi connectivity index (χ3v) is 4.64. The summed E-state index contributed by atoms with van der Waals surface area (Å²) in [7, 11) is 0. The summed E-state index contributed by atoms with van der Waals surface area (Å²) in [5.74, 6) is 1.02. The van der Waals surface area contributed by atoms with Crippen molar-refractivity contribution in [2.75, 3.05) is 24.6 Å². The summed E-state index contributed by atoms with van der Waals surface area (Å²) < 4.78 is 2.16. The Balaban J connectivity index is 2.42. The van der Waals surface area contributed by atoms with Crippen LogP contribution in [0.25, 0.3) is 4.96 Å². The maximum atomic E-state index is 9.44. The van der Waals surface area contributed by atoms with E-state index in [4.69, 9.17) is 4.98 Å². The van der Waals surface area contributed by atoms with Gasteiger partial charge in [-0.05, 0) is 19.4 Å². The fraction of sp³-hybridized carbons (Fsp3) is 0.667. The molecule has 2 aromatic heterocycles. The van der Waals surface area contributed by atoms with Crippen molar-refractivity contribution < 1.29 is 5.11 Å². The molecule has 0 aromatic carbocycles. The van der Waals surface area contributed by atoms with E-state index in [2.05, 4.69) is 47.0 Å². The lowest BCUT2D eigenvalue weighted by atomic mass is 10.1. The fourth-order valence-corrected chi connectivity index (χ4v) is 3.49. The molecule has 0 aliphatic heterocycles. The van der Waals surface area contributed by atoms with E-state index < -0.39 is 0 Å². The molecule has 2 rings (SSSR count). The zero-order valence-corrected chi connectivity index (χ0v) is 14.0. The Bertz CT molecular complexity index is 547. The lowest BCUT2D eigenvalue weighted by Crippen LogP contribution is -2.38. The Morgan fingerprint density at radius 1 is 1.38 bits per heavy atom. The molecule has 0 atom stereocenters. The van der Waals surface area contributed by atoms with Crippen LogP contribution in [0.3, 0.4) is 0 Å². The summed E-state index contributed by atoms with van der Waals surface area (Å²) >= 11 is 1.65. The molecule has 2 aromatic rings. The van der Waals surface area contributed by atoms with Crippen LogP contribution in [-0.4, -0.2) is 40.2 Å². The summed E-state index contributed by atoms with van der Waals surface area (Å²) in [5.41, 5.74) is 1.19. The smallest absolute Gasteiger partial charge is 0.195 e. The van der Waals surface area contributed by atoms with E-state index >= 15 is 0 Å². The highest BCUT2D eigenvalue weighted by atomic mass is 32.1. The number of nitrogens with zero attached hydrogens (tertiary/aromatic N) is 3. The van der Waals surface area contributed by atoms with E-state index in [1.54, 1.807) is 11.3 Å². The normalized spacial score (nSPS) is 11.7. The number of imidazole rings is 1. The Labute approximate surface area is 130 Å². The maximum absolute atomic E-state index is 9.44. The summed E-state index contributed by atoms with van der Waals surface area (Å²) in [6, 6.07) is 0.419. The van der Waals surface area contributed by atoms with Crippen molar-refractivity contribution in [3.63, 3.8) is 0 Å². The Morgan fingerprint density at radius 3 is 2.76 bits per heavy atom. The molecule has 0 amide bonds. The van der Waals surface area contributed by atoms with Crippen LogP contribution in [0.5, 0.6) is 0 Å². The van der Waals surface area contributed by atoms with Crippen LogP contribution in [-0.2, 0) is 6.54 Å². The second-order valence-corrected chi connectivity index (χ2v) is 5.98. The molecule has 118 valence electrons. The number of aliphatic hydroxyl groups excluding tert-OH is 1. The molecule has 0 bridgehead atoms. The zero-order chi connectivity index (χ0) is 15.2. The second-order valence-electron chi connectivity index (χ2n) is 5.11. The first-order valence-electron chi connectivity index (χ1n) is 7.79. The van der Waals surface area contributed by atoms with E-state index in [0.29, 0.717) is 12.6 Å². The number of hydrogen-bond acceptors (Lipinski definition) is 5. The average Bonchev–Trinajstić information content (AvgIpc) is 3.06. The van der Waals surface area contributed by atoms with E-state index in [9.17, 15) is 5.11 Å². The number of aliphatic hydroxyl groups is 1. The third kappa shape index (κ3) is 3.39. The maximum Gasteiger partial charge on any atom is 0.195 e. The van der Waals surface area contributed by atoms with Gasteiger partial charge in [0.2, 0.25) is 0 Å². The molecule has 0 fully saturated rings. The summed E-state index contributed by atoms with van der Waals surface area (Å²) in [4.78, 5) is 8.11. The van der Waals surface area contributed by atoms with Gasteiger partial charge in [0.1, 0.15) is 0 Å². The molecule has 0 unspecified atom stereocenters. The summed E-state index contributed by atoms with van der Waals surface area (Å²) in [6.45, 7) is 9.02. The molecule has 5 nitrogen and oxygen atoms in total. The standard InChI is InChI=1S/C15H26N4OS/c1-4-12(5-2)18(7-9-20)14-13(11-16-6-3)19-8-10-21-15(19)17-14/h8,10,12,16,20H,4-7,9,11H2,1-3H3. The van der Waals surface area contributed by atoms with Gasteiger partial charge in [0.05, 0.1) is 12.3 Å². The number of nitrogens with one attached hydrogen (secondary N) is 1. The van der Waals surface area contributed by atoms with Crippen molar-refractivity contribution in [3.05, 3.63) is 17.3 Å². The van der Waals surface area contributed by atoms with Gasteiger partial charge in [-0.2, -0.15) is 0 Å². The topological polar surface area (TPSA) is 52.8 Å². The van der Waals surface area contributed by atoms with E-state index in [0.717, 1.165) is 36.7 Å². The number of rotatable bonds is 9. The van der Waals surface area contributed by atoms with Crippen LogP contribution in [0.4, 0.5) is 5.82 Å². The molecule has 0 aliphatic rings. The molecule has 0 aliphatic carbocycles. The van der Waals surface area contributed by atoms with Gasteiger partial charge in [0.25, 0.3) is 0 Å². The van der Waals surface area contributed by atoms with Gasteiger partial charge in [-0.1, -0.05) is 20.8 Å². The molecule has 21 heavy (non-hydrogen) atoms. The first-order valence-corrected chi connectivity index (χ1v) is 8.67. The van der Waals surface area contributed by atoms with E-state index in [1.165, 1.54) is 5.69 Å². The van der Waals surface area contributed by atoms with Crippen LogP contribution in [0, 0.1) is 0 Å². The van der Waals surface area contributed by atoms with Gasteiger partial charge in [0, 0.05) is 30.7 Å². The Hall–Kier alpha value is -1.11. The molecule has 2 N–H and O–H groups in total. The van der Waals surface area contributed by atoms with Crippen LogP contribution in [0.15, 0.2) is 11.6 Å². The van der Waals surface area contributed by atoms with Crippen molar-refractivity contribution in [1.29, 1.82) is 0 Å². The third-order valence-electron chi connectivity index (χ3n) is 3.88. The molecule has 0 spiro atoms. The molecule has 0 saturated heterocycles. The monoisotopic (exact) mass is 310 g/mol. The van der Waals surface area contributed by atoms with Gasteiger partial charge >= 0.3 is 0 Å². The first-order chi connectivity index (χ1) is 10.3. The number of anilines is 1. The fourth-order valence-electron chi connectivity index (χ4n) is 2.76. The van der Waals surface area contributed by atoms with Gasteiger partial charge < -0.3 is 15.3 Å². The van der Waals surface area contributed by atoms with Crippen LogP contribution in [0.2, 0.25) is 0 Å². The first kappa shape index (κ1) is 16.3. The van der Waals surface area contributed by atoms with Gasteiger partial charge in [-0.25, -0.2) is 4.98 Å². The number of thiazole rings is 1. The largest absolute Gasteiger partial charge is 0.395 e. The highest BCUT2D eigenvalue weighted by Gasteiger charge is 2.23. The second kappa shape index (κ2) is 7.77. The Kier molecular flexibility index (Phi) is 6.02. The number of fused-ring (bicyclic) bond motifs is 1. The summed E-state index contributed by atoms with van der Waals surface area (Å²) in [6.07, 6.45) is 4.19. The van der Waals surface area contributed by atoms with Gasteiger partial charge in [0.15, 0.2) is 10.8 Å². The highest BCUT2D eigenvalue weighted by Crippen LogP contribution is 2.27. The molecular weight excluding hydrogens is 284 g/mol. The summed E-state index contributed by atoms with van der Waals surface area (Å²) in [5, 5.41) is 14.9. The lowest BCUT2D eigenvalue weighted by molar-refractivity contribution is 0.295. The minimum absolute atomic E-state index is 0.155. The molecule has 6 heteroatoms. The quantitative estimate of drug-likeness (QED) is 0.747. The van der Waals surface area contributed by atoms with Crippen molar-refractivity contribution in [1.82, 2.24) is 14.7 Å². The molecule has 0 radical (unpaired) electrons. The number of hydrogen-bond donors (Lipinski definition) is 2. The average molecular weight is 310 g/mol. The van der Waals surface area contributed by atoms with Crippen LogP contribution < -0.4 is 10.2 Å². The lowest BCUT2D eigenvalue weighted by Gasteiger charge is -2.31. The van der Waals surface area contributed by atoms with Crippen molar-refractivity contribution in [2.45, 2.75) is 46.2 Å². The molecule has 0 saturated carbocycles. The van der Waals surface area contributed by atoms with Gasteiger partial charge in [-0.3, -0.25) is 4.40 Å². The molecular formula is C15H26N4OS. The SMILES string of the molecule is CCNCc1c(N(CCO)C(CC)CC)nc2sccn12. The zero-order valence-electron chi connectivity index (χ0n) is 13.2. The Morgan fingerprint density at radius 2 is 2.14 bits per heavy atom. The van der Waals surface area contributed by atoms with E-state index in [1.807, 2.05) is 0 Å². The van der Waals surface area contributed by atoms with Gasteiger partial charge in [-0.15, -0.1) is 11.3 Å². The van der Waals surface area contributed by atoms with Crippen molar-refractivity contribution >= 4 is 22.1 Å². The van der Waals surface area contributed by atoms with Crippen LogP contribution in [0.1, 0.15) is 39.3 Å². The van der Waals surface area contributed by atoms with Crippen molar-refractivity contribution in [3.8, 4) is 0 Å². The van der Waals surface area contributed by atoms with Crippen molar-refractivity contribution in [2.24, 2.45) is 0 Å². The molecule has 2 heterocycles.